The van der Waals surface area contributed by atoms with Gasteiger partial charge in [0.15, 0.2) is 0 Å². The van der Waals surface area contributed by atoms with Crippen molar-refractivity contribution in [2.75, 3.05) is 19.7 Å². The minimum Gasteiger partial charge on any atom is -0.481 e. The number of aryl methyl sites for hydroxylation is 1. The summed E-state index contributed by atoms with van der Waals surface area (Å²) < 4.78 is 5.78. The van der Waals surface area contributed by atoms with E-state index in [0.29, 0.717) is 26.1 Å². The van der Waals surface area contributed by atoms with Gasteiger partial charge in [0.05, 0.1) is 17.4 Å². The van der Waals surface area contributed by atoms with E-state index in [9.17, 15) is 14.7 Å². The smallest absolute Gasteiger partial charge is 0.309 e. The van der Waals surface area contributed by atoms with Gasteiger partial charge >= 0.3 is 5.97 Å². The molecule has 1 aromatic rings. The predicted molar refractivity (Wildman–Crippen MR) is 106 cm³/mol. The Balaban J connectivity index is 1.46. The van der Waals surface area contributed by atoms with Gasteiger partial charge in [-0.1, -0.05) is 42.7 Å². The average Bonchev–Trinajstić information content (AvgIpc) is 3.38. The monoisotopic (exact) mass is 385 g/mol. The quantitative estimate of drug-likeness (QED) is 0.861. The molecule has 1 N–H and O–H groups in total. The van der Waals surface area contributed by atoms with Gasteiger partial charge < -0.3 is 14.7 Å². The highest BCUT2D eigenvalue weighted by atomic mass is 16.5. The maximum Gasteiger partial charge on any atom is 0.309 e. The molecule has 4 rings (SSSR count). The van der Waals surface area contributed by atoms with Crippen LogP contribution in [-0.4, -0.2) is 47.7 Å². The van der Waals surface area contributed by atoms with Gasteiger partial charge in [-0.05, 0) is 50.5 Å². The van der Waals surface area contributed by atoms with Crippen LogP contribution in [0.4, 0.5) is 0 Å². The molecule has 3 fully saturated rings. The molecule has 2 saturated heterocycles. The maximum atomic E-state index is 13.6. The average molecular weight is 386 g/mol. The number of ether oxygens (including phenoxy) is 1. The zero-order chi connectivity index (χ0) is 19.7. The van der Waals surface area contributed by atoms with Crippen molar-refractivity contribution in [1.82, 2.24) is 4.90 Å². The molecule has 5 heteroatoms. The molecule has 0 spiro atoms. The van der Waals surface area contributed by atoms with E-state index in [-0.39, 0.29) is 29.3 Å². The van der Waals surface area contributed by atoms with Gasteiger partial charge in [0.25, 0.3) is 0 Å². The molecule has 2 heterocycles. The molecule has 0 bridgehead atoms. The van der Waals surface area contributed by atoms with Crippen molar-refractivity contribution in [1.29, 1.82) is 0 Å². The normalized spacial score (nSPS) is 27.8. The lowest BCUT2D eigenvalue weighted by Crippen LogP contribution is -2.50. The van der Waals surface area contributed by atoms with E-state index in [1.54, 1.807) is 0 Å². The number of hydrogen-bond acceptors (Lipinski definition) is 3. The lowest BCUT2D eigenvalue weighted by atomic mass is 9.76. The van der Waals surface area contributed by atoms with Crippen molar-refractivity contribution in [3.05, 3.63) is 35.4 Å². The molecule has 5 nitrogen and oxygen atoms in total. The van der Waals surface area contributed by atoms with Crippen LogP contribution in [0.2, 0.25) is 0 Å². The number of carboxylic acids is 1. The van der Waals surface area contributed by atoms with Gasteiger partial charge in [-0.25, -0.2) is 0 Å². The number of benzene rings is 1. The van der Waals surface area contributed by atoms with E-state index in [0.717, 1.165) is 38.5 Å². The summed E-state index contributed by atoms with van der Waals surface area (Å²) in [6, 6.07) is 8.45. The minimum atomic E-state index is -0.745. The summed E-state index contributed by atoms with van der Waals surface area (Å²) in [4.78, 5) is 27.2. The number of nitrogens with zero attached hydrogens (tertiary/aromatic N) is 1. The first kappa shape index (κ1) is 19.4. The second-order valence-electron chi connectivity index (χ2n) is 8.86. The molecule has 2 aliphatic heterocycles. The fourth-order valence-electron chi connectivity index (χ4n) is 5.62. The van der Waals surface area contributed by atoms with Gasteiger partial charge in [0.2, 0.25) is 5.91 Å². The zero-order valence-electron chi connectivity index (χ0n) is 16.7. The number of rotatable bonds is 4. The van der Waals surface area contributed by atoms with Crippen molar-refractivity contribution < 1.29 is 19.4 Å². The van der Waals surface area contributed by atoms with Crippen LogP contribution in [0.3, 0.4) is 0 Å². The van der Waals surface area contributed by atoms with Crippen molar-refractivity contribution in [3.63, 3.8) is 0 Å². The number of carbonyl (C=O) groups is 2. The van der Waals surface area contributed by atoms with E-state index in [4.69, 9.17) is 4.74 Å². The minimum absolute atomic E-state index is 0.188. The number of amides is 1. The number of likely N-dealkylation sites (tertiary alicyclic amines) is 1. The summed E-state index contributed by atoms with van der Waals surface area (Å²) in [5.74, 6) is -0.617. The third kappa shape index (κ3) is 3.45. The number of carboxylic acid groups (broad SMARTS) is 1. The van der Waals surface area contributed by atoms with Gasteiger partial charge in [0.1, 0.15) is 0 Å². The van der Waals surface area contributed by atoms with E-state index in [1.807, 2.05) is 4.90 Å². The molecule has 28 heavy (non-hydrogen) atoms. The molecule has 1 saturated carbocycles. The van der Waals surface area contributed by atoms with Crippen LogP contribution in [0, 0.1) is 18.8 Å². The van der Waals surface area contributed by atoms with Crippen LogP contribution < -0.4 is 0 Å². The van der Waals surface area contributed by atoms with Gasteiger partial charge in [-0.3, -0.25) is 9.59 Å². The van der Waals surface area contributed by atoms with Crippen LogP contribution in [0.25, 0.3) is 0 Å². The summed E-state index contributed by atoms with van der Waals surface area (Å²) in [7, 11) is 0. The highest BCUT2D eigenvalue weighted by Crippen LogP contribution is 2.44. The van der Waals surface area contributed by atoms with Crippen LogP contribution in [0.5, 0.6) is 0 Å². The van der Waals surface area contributed by atoms with Gasteiger partial charge in [0, 0.05) is 19.7 Å². The topological polar surface area (TPSA) is 66.8 Å². The van der Waals surface area contributed by atoms with Crippen LogP contribution >= 0.6 is 0 Å². The van der Waals surface area contributed by atoms with E-state index < -0.39 is 5.97 Å². The number of aliphatic carboxylic acids is 1. The molecule has 3 aliphatic rings. The van der Waals surface area contributed by atoms with Crippen LogP contribution in [0.15, 0.2) is 24.3 Å². The highest BCUT2D eigenvalue weighted by Gasteiger charge is 2.47. The second kappa shape index (κ2) is 7.86. The molecule has 1 unspecified atom stereocenters. The summed E-state index contributed by atoms with van der Waals surface area (Å²) in [5.41, 5.74) is 2.00. The molecule has 1 aromatic carbocycles. The standard InChI is InChI=1S/C23H31NO4/c1-16-5-4-6-18(15-16)23(10-2-3-11-23)22(27)24-12-7-17(8-13-24)20-19(21(25)26)9-14-28-20/h4-6,15,17,19-20H,2-3,7-14H2,1H3,(H,25,26)/t19?,20-/m0/s1. The molecule has 1 aliphatic carbocycles. The Morgan fingerprint density at radius 1 is 1.14 bits per heavy atom. The molecule has 152 valence electrons. The number of carbonyl (C=O) groups excluding carboxylic acids is 1. The number of piperidine rings is 1. The van der Waals surface area contributed by atoms with Gasteiger partial charge in [-0.15, -0.1) is 0 Å². The van der Waals surface area contributed by atoms with Crippen molar-refractivity contribution in [3.8, 4) is 0 Å². The van der Waals surface area contributed by atoms with Gasteiger partial charge in [-0.2, -0.15) is 0 Å². The number of hydrogen-bond donors (Lipinski definition) is 1. The zero-order valence-corrected chi connectivity index (χ0v) is 16.7. The SMILES string of the molecule is Cc1cccc(C2(C(=O)N3CCC([C@@H]4OCCC4C(=O)O)CC3)CCCC2)c1. The van der Waals surface area contributed by atoms with Crippen molar-refractivity contribution >= 4 is 11.9 Å². The Kier molecular flexibility index (Phi) is 5.46. The molecular formula is C23H31NO4. The highest BCUT2D eigenvalue weighted by molar-refractivity contribution is 5.88. The van der Waals surface area contributed by atoms with E-state index in [2.05, 4.69) is 31.2 Å². The van der Waals surface area contributed by atoms with E-state index >= 15 is 0 Å². The van der Waals surface area contributed by atoms with Crippen molar-refractivity contribution in [2.24, 2.45) is 11.8 Å². The molecular weight excluding hydrogens is 354 g/mol. The first-order valence-electron chi connectivity index (χ1n) is 10.7. The Morgan fingerprint density at radius 2 is 1.86 bits per heavy atom. The lowest BCUT2D eigenvalue weighted by Gasteiger charge is -2.40. The van der Waals surface area contributed by atoms with Crippen LogP contribution in [-0.2, 0) is 19.7 Å². The fraction of sp³-hybridized carbons (Fsp3) is 0.652. The Bertz CT molecular complexity index is 732. The summed E-state index contributed by atoms with van der Waals surface area (Å²) in [6.45, 7) is 4.05. The third-order valence-electron chi connectivity index (χ3n) is 7.18. The van der Waals surface area contributed by atoms with Crippen LogP contribution in [0.1, 0.15) is 56.1 Å². The maximum absolute atomic E-state index is 13.6. The molecule has 1 amide bonds. The summed E-state index contributed by atoms with van der Waals surface area (Å²) in [6.07, 6.45) is 6.17. The van der Waals surface area contributed by atoms with E-state index in [1.165, 1.54) is 11.1 Å². The Hall–Kier alpha value is -1.88. The Labute approximate surface area is 167 Å². The summed E-state index contributed by atoms with van der Waals surface area (Å²) in [5, 5.41) is 9.44. The largest absolute Gasteiger partial charge is 0.481 e. The lowest BCUT2D eigenvalue weighted by molar-refractivity contribution is -0.146. The second-order valence-corrected chi connectivity index (χ2v) is 8.86. The van der Waals surface area contributed by atoms with Crippen molar-refractivity contribution in [2.45, 2.75) is 63.4 Å². The third-order valence-corrected chi connectivity index (χ3v) is 7.18. The predicted octanol–water partition coefficient (Wildman–Crippen LogP) is 3.54. The first-order valence-corrected chi connectivity index (χ1v) is 10.7. The molecule has 2 atom stereocenters. The Morgan fingerprint density at radius 3 is 2.50 bits per heavy atom. The first-order chi connectivity index (χ1) is 13.5. The molecule has 0 radical (unpaired) electrons. The fourth-order valence-corrected chi connectivity index (χ4v) is 5.62. The molecule has 0 aromatic heterocycles. The summed E-state index contributed by atoms with van der Waals surface area (Å²) >= 11 is 0.